The van der Waals surface area contributed by atoms with E-state index in [1.807, 2.05) is 0 Å². The Balaban J connectivity index is 3.35. The third-order valence-corrected chi connectivity index (χ3v) is 0.827. The van der Waals surface area contributed by atoms with Crippen LogP contribution in [0.2, 0.25) is 0 Å². The summed E-state index contributed by atoms with van der Waals surface area (Å²) in [6.45, 7) is -0.366. The molecule has 0 bridgehead atoms. The molecule has 0 N–H and O–H groups in total. The zero-order valence-corrected chi connectivity index (χ0v) is 6.15. The van der Waals surface area contributed by atoms with Crippen LogP contribution >= 0.6 is 0 Å². The van der Waals surface area contributed by atoms with Crippen molar-refractivity contribution in [3.05, 3.63) is 0 Å². The standard InChI is InChI=1S/C6H6N2O4/c7-3-11-2-1-6(10)12-5-8-4-9/h1-2,5H2. The van der Waals surface area contributed by atoms with Gasteiger partial charge in [-0.1, -0.05) is 0 Å². The van der Waals surface area contributed by atoms with Crippen molar-refractivity contribution in [2.45, 2.75) is 6.42 Å². The van der Waals surface area contributed by atoms with Crippen molar-refractivity contribution in [3.63, 3.8) is 0 Å². The summed E-state index contributed by atoms with van der Waals surface area (Å²) in [6, 6.07) is 0. The summed E-state index contributed by atoms with van der Waals surface area (Å²) >= 11 is 0. The highest BCUT2D eigenvalue weighted by molar-refractivity contribution is 5.69. The number of aliphatic imine (C=N–C) groups is 1. The Morgan fingerprint density at radius 3 is 2.92 bits per heavy atom. The van der Waals surface area contributed by atoms with Crippen molar-refractivity contribution >= 4 is 12.0 Å². The molecule has 0 aliphatic heterocycles. The van der Waals surface area contributed by atoms with Crippen LogP contribution in [0.3, 0.4) is 0 Å². The molecule has 0 atom stereocenters. The second-order valence-corrected chi connectivity index (χ2v) is 1.58. The van der Waals surface area contributed by atoms with E-state index >= 15 is 0 Å². The van der Waals surface area contributed by atoms with E-state index in [9.17, 15) is 9.59 Å². The van der Waals surface area contributed by atoms with Crippen molar-refractivity contribution in [2.24, 2.45) is 4.99 Å². The Bertz CT molecular complexity index is 226. The zero-order valence-electron chi connectivity index (χ0n) is 6.15. The fourth-order valence-corrected chi connectivity index (χ4v) is 0.383. The Kier molecular flexibility index (Phi) is 6.13. The van der Waals surface area contributed by atoms with Gasteiger partial charge in [0.05, 0.1) is 6.42 Å². The minimum Gasteiger partial charge on any atom is -0.441 e. The van der Waals surface area contributed by atoms with E-state index in [-0.39, 0.29) is 19.8 Å². The number of carbonyl (C=O) groups is 1. The first-order chi connectivity index (χ1) is 5.81. The Labute approximate surface area is 68.4 Å². The van der Waals surface area contributed by atoms with Gasteiger partial charge in [0.1, 0.15) is 6.61 Å². The molecule has 0 aromatic rings. The van der Waals surface area contributed by atoms with Crippen LogP contribution in [0.5, 0.6) is 0 Å². The van der Waals surface area contributed by atoms with E-state index in [0.717, 1.165) is 0 Å². The Morgan fingerprint density at radius 1 is 1.58 bits per heavy atom. The molecule has 0 aliphatic rings. The minimum atomic E-state index is -0.579. The van der Waals surface area contributed by atoms with Gasteiger partial charge in [0.25, 0.3) is 6.26 Å². The topological polar surface area (TPSA) is 88.8 Å². The van der Waals surface area contributed by atoms with Gasteiger partial charge in [-0.15, -0.1) is 0 Å². The third-order valence-electron chi connectivity index (χ3n) is 0.827. The third kappa shape index (κ3) is 6.26. The van der Waals surface area contributed by atoms with E-state index < -0.39 is 5.97 Å². The fourth-order valence-electron chi connectivity index (χ4n) is 0.383. The molecule has 0 unspecified atom stereocenters. The predicted molar refractivity (Wildman–Crippen MR) is 35.3 cm³/mol. The summed E-state index contributed by atoms with van der Waals surface area (Å²) in [6.07, 6.45) is 2.56. The van der Waals surface area contributed by atoms with Crippen LogP contribution in [0.4, 0.5) is 0 Å². The van der Waals surface area contributed by atoms with Crippen LogP contribution in [0.15, 0.2) is 4.99 Å². The maximum absolute atomic E-state index is 10.6. The maximum Gasteiger partial charge on any atom is 0.311 e. The number of carbonyl (C=O) groups excluding carboxylic acids is 2. The van der Waals surface area contributed by atoms with Gasteiger partial charge in [-0.05, 0) is 0 Å². The van der Waals surface area contributed by atoms with Crippen LogP contribution in [-0.4, -0.2) is 25.4 Å². The average molecular weight is 170 g/mol. The van der Waals surface area contributed by atoms with E-state index in [1.54, 1.807) is 0 Å². The lowest BCUT2D eigenvalue weighted by Gasteiger charge is -1.97. The van der Waals surface area contributed by atoms with Gasteiger partial charge < -0.3 is 9.47 Å². The first kappa shape index (κ1) is 10.1. The van der Waals surface area contributed by atoms with Crippen molar-refractivity contribution in [2.75, 3.05) is 13.3 Å². The molecule has 0 heterocycles. The summed E-state index contributed by atoms with van der Waals surface area (Å²) in [4.78, 5) is 23.1. The quantitative estimate of drug-likeness (QED) is 0.186. The summed E-state index contributed by atoms with van der Waals surface area (Å²) < 4.78 is 8.58. The molecule has 0 fully saturated rings. The molecule has 6 heteroatoms. The summed E-state index contributed by atoms with van der Waals surface area (Å²) in [7, 11) is 0. The number of esters is 1. The molecular formula is C6H6N2O4. The lowest BCUT2D eigenvalue weighted by Crippen LogP contribution is -2.07. The molecule has 0 aromatic heterocycles. The van der Waals surface area contributed by atoms with Crippen molar-refractivity contribution in [1.29, 1.82) is 5.26 Å². The number of hydrogen-bond acceptors (Lipinski definition) is 6. The molecule has 0 saturated carbocycles. The van der Waals surface area contributed by atoms with Gasteiger partial charge in [-0.25, -0.2) is 4.79 Å². The molecule has 64 valence electrons. The highest BCUT2D eigenvalue weighted by atomic mass is 16.5. The van der Waals surface area contributed by atoms with E-state index in [4.69, 9.17) is 5.26 Å². The molecule has 0 amide bonds. The van der Waals surface area contributed by atoms with Crippen LogP contribution in [0.1, 0.15) is 6.42 Å². The van der Waals surface area contributed by atoms with Gasteiger partial charge in [0, 0.05) is 0 Å². The van der Waals surface area contributed by atoms with Crippen molar-refractivity contribution in [3.8, 4) is 6.26 Å². The SMILES string of the molecule is N#COCCC(=O)OCN=C=O. The van der Waals surface area contributed by atoms with E-state index in [0.29, 0.717) is 0 Å². The zero-order chi connectivity index (χ0) is 9.23. The lowest BCUT2D eigenvalue weighted by molar-refractivity contribution is -0.144. The highest BCUT2D eigenvalue weighted by Crippen LogP contribution is 1.87. The number of isocyanates is 1. The van der Waals surface area contributed by atoms with Crippen LogP contribution in [-0.2, 0) is 19.1 Å². The van der Waals surface area contributed by atoms with E-state index in [1.165, 1.54) is 12.3 Å². The second-order valence-electron chi connectivity index (χ2n) is 1.58. The first-order valence-electron chi connectivity index (χ1n) is 3.01. The number of rotatable bonds is 5. The van der Waals surface area contributed by atoms with E-state index in [2.05, 4.69) is 14.5 Å². The highest BCUT2D eigenvalue weighted by Gasteiger charge is 2.00. The van der Waals surface area contributed by atoms with Gasteiger partial charge in [0.2, 0.25) is 6.08 Å². The van der Waals surface area contributed by atoms with Crippen molar-refractivity contribution < 1.29 is 19.1 Å². The normalized spacial score (nSPS) is 7.58. The molecule has 0 radical (unpaired) electrons. The summed E-state index contributed by atoms with van der Waals surface area (Å²) in [5.74, 6) is -0.579. The number of ether oxygens (including phenoxy) is 2. The number of nitriles is 1. The van der Waals surface area contributed by atoms with Gasteiger partial charge in [-0.3, -0.25) is 4.79 Å². The Morgan fingerprint density at radius 2 is 2.33 bits per heavy atom. The molecule has 0 saturated heterocycles. The maximum atomic E-state index is 10.6. The largest absolute Gasteiger partial charge is 0.441 e. The monoisotopic (exact) mass is 170 g/mol. The Hall–Kier alpha value is -1.86. The first-order valence-corrected chi connectivity index (χ1v) is 3.01. The second kappa shape index (κ2) is 7.25. The molecule has 0 aromatic carbocycles. The van der Waals surface area contributed by atoms with Crippen LogP contribution in [0, 0.1) is 11.5 Å². The predicted octanol–water partition coefficient (Wildman–Crippen LogP) is -0.289. The lowest BCUT2D eigenvalue weighted by atomic mass is 10.5. The van der Waals surface area contributed by atoms with Gasteiger partial charge >= 0.3 is 5.97 Å². The summed E-state index contributed by atoms with van der Waals surface area (Å²) in [5, 5.41) is 7.90. The van der Waals surface area contributed by atoms with Gasteiger partial charge in [0.15, 0.2) is 6.73 Å². The molecule has 0 spiro atoms. The molecular weight excluding hydrogens is 164 g/mol. The smallest absolute Gasteiger partial charge is 0.311 e. The van der Waals surface area contributed by atoms with Crippen LogP contribution < -0.4 is 0 Å². The number of nitrogens with zero attached hydrogens (tertiary/aromatic N) is 2. The molecule has 0 aliphatic carbocycles. The van der Waals surface area contributed by atoms with Crippen LogP contribution in [0.25, 0.3) is 0 Å². The minimum absolute atomic E-state index is 0.0276. The average Bonchev–Trinajstić information content (AvgIpc) is 2.06. The van der Waals surface area contributed by atoms with Crippen molar-refractivity contribution in [1.82, 2.24) is 0 Å². The molecule has 12 heavy (non-hydrogen) atoms. The fraction of sp³-hybridized carbons (Fsp3) is 0.500. The molecule has 0 rings (SSSR count). The number of hydrogen-bond donors (Lipinski definition) is 0. The summed E-state index contributed by atoms with van der Waals surface area (Å²) in [5.41, 5.74) is 0. The van der Waals surface area contributed by atoms with Gasteiger partial charge in [-0.2, -0.15) is 10.3 Å². The molecule has 6 nitrogen and oxygen atoms in total.